The fourth-order valence-electron chi connectivity index (χ4n) is 3.57. The second-order valence-electron chi connectivity index (χ2n) is 6.91. The molecule has 0 spiro atoms. The van der Waals surface area contributed by atoms with Crippen LogP contribution in [0, 0.1) is 5.92 Å². The van der Waals surface area contributed by atoms with Gasteiger partial charge in [-0.15, -0.1) is 11.3 Å². The summed E-state index contributed by atoms with van der Waals surface area (Å²) in [6.07, 6.45) is 5.55. The van der Waals surface area contributed by atoms with Gasteiger partial charge in [0, 0.05) is 38.2 Å². The minimum absolute atomic E-state index is 0.108. The molecule has 2 saturated heterocycles. The zero-order valence-corrected chi connectivity index (χ0v) is 15.5. The largest absolute Gasteiger partial charge is 0.381 e. The molecule has 6 heteroatoms. The standard InChI is InChI=1S/C18H29N3O2S/c1-2-5-17-19-16(14-24-17)18(22)21-8-4-7-20(9-10-21)12-15-6-3-11-23-13-15/h14-15H,2-13H2,1H3. The first-order valence-electron chi connectivity index (χ1n) is 9.30. The molecule has 0 saturated carbocycles. The van der Waals surface area contributed by atoms with Crippen molar-refractivity contribution in [2.24, 2.45) is 5.92 Å². The van der Waals surface area contributed by atoms with Crippen LogP contribution in [0.15, 0.2) is 5.38 Å². The van der Waals surface area contributed by atoms with E-state index >= 15 is 0 Å². The van der Waals surface area contributed by atoms with Crippen molar-refractivity contribution in [3.05, 3.63) is 16.1 Å². The summed E-state index contributed by atoms with van der Waals surface area (Å²) in [6.45, 7) is 8.78. The first-order chi connectivity index (χ1) is 11.8. The minimum Gasteiger partial charge on any atom is -0.381 e. The predicted octanol–water partition coefficient (Wildman–Crippen LogP) is 2.67. The van der Waals surface area contributed by atoms with Gasteiger partial charge in [-0.05, 0) is 44.6 Å². The summed E-state index contributed by atoms with van der Waals surface area (Å²) in [7, 11) is 0. The quantitative estimate of drug-likeness (QED) is 0.818. The lowest BCUT2D eigenvalue weighted by atomic mass is 10.0. The highest BCUT2D eigenvalue weighted by atomic mass is 32.1. The zero-order valence-electron chi connectivity index (χ0n) is 14.7. The lowest BCUT2D eigenvalue weighted by Crippen LogP contribution is -2.38. The smallest absolute Gasteiger partial charge is 0.273 e. The Morgan fingerprint density at radius 1 is 1.33 bits per heavy atom. The Kier molecular flexibility index (Phi) is 6.63. The van der Waals surface area contributed by atoms with Crippen LogP contribution in [0.5, 0.6) is 0 Å². The number of aryl methyl sites for hydroxylation is 1. The highest BCUT2D eigenvalue weighted by Crippen LogP contribution is 2.18. The number of thiazole rings is 1. The summed E-state index contributed by atoms with van der Waals surface area (Å²) in [4.78, 5) is 21.7. The maximum Gasteiger partial charge on any atom is 0.273 e. The second-order valence-corrected chi connectivity index (χ2v) is 7.85. The van der Waals surface area contributed by atoms with Crippen molar-refractivity contribution in [3.63, 3.8) is 0 Å². The van der Waals surface area contributed by atoms with Gasteiger partial charge in [0.05, 0.1) is 11.6 Å². The van der Waals surface area contributed by atoms with Crippen molar-refractivity contribution in [1.29, 1.82) is 0 Å². The molecule has 0 N–H and O–H groups in total. The zero-order chi connectivity index (χ0) is 16.8. The average Bonchev–Trinajstić information content (AvgIpc) is 2.94. The Morgan fingerprint density at radius 2 is 2.25 bits per heavy atom. The van der Waals surface area contributed by atoms with E-state index in [2.05, 4.69) is 16.8 Å². The fraction of sp³-hybridized carbons (Fsp3) is 0.778. The number of aromatic nitrogens is 1. The molecule has 1 aromatic rings. The summed E-state index contributed by atoms with van der Waals surface area (Å²) in [6, 6.07) is 0. The molecule has 24 heavy (non-hydrogen) atoms. The van der Waals surface area contributed by atoms with E-state index in [1.807, 2.05) is 10.3 Å². The van der Waals surface area contributed by atoms with Gasteiger partial charge >= 0.3 is 0 Å². The highest BCUT2D eigenvalue weighted by Gasteiger charge is 2.24. The number of amides is 1. The van der Waals surface area contributed by atoms with E-state index in [1.54, 1.807) is 11.3 Å². The summed E-state index contributed by atoms with van der Waals surface area (Å²) in [5.74, 6) is 0.771. The van der Waals surface area contributed by atoms with E-state index in [0.29, 0.717) is 11.6 Å². The molecule has 134 valence electrons. The second kappa shape index (κ2) is 8.92. The maximum absolute atomic E-state index is 12.7. The monoisotopic (exact) mass is 351 g/mol. The number of carbonyl (C=O) groups excluding carboxylic acids is 1. The average molecular weight is 352 g/mol. The van der Waals surface area contributed by atoms with Gasteiger partial charge in [0.25, 0.3) is 5.91 Å². The van der Waals surface area contributed by atoms with Crippen molar-refractivity contribution in [1.82, 2.24) is 14.8 Å². The van der Waals surface area contributed by atoms with Gasteiger partial charge in [-0.25, -0.2) is 4.98 Å². The van der Waals surface area contributed by atoms with Crippen LogP contribution in [0.2, 0.25) is 0 Å². The van der Waals surface area contributed by atoms with Crippen LogP contribution in [0.1, 0.15) is 48.1 Å². The van der Waals surface area contributed by atoms with Crippen molar-refractivity contribution < 1.29 is 9.53 Å². The van der Waals surface area contributed by atoms with E-state index < -0.39 is 0 Å². The molecule has 3 rings (SSSR count). The Bertz CT molecular complexity index is 528. The summed E-state index contributed by atoms with van der Waals surface area (Å²) < 4.78 is 5.60. The number of carbonyl (C=O) groups is 1. The number of nitrogens with zero attached hydrogens (tertiary/aromatic N) is 3. The van der Waals surface area contributed by atoms with E-state index in [-0.39, 0.29) is 5.91 Å². The third kappa shape index (κ3) is 4.77. The summed E-state index contributed by atoms with van der Waals surface area (Å²) >= 11 is 1.61. The third-order valence-corrected chi connectivity index (χ3v) is 5.79. The molecule has 5 nitrogen and oxygen atoms in total. The predicted molar refractivity (Wildman–Crippen MR) is 96.6 cm³/mol. The maximum atomic E-state index is 12.7. The van der Waals surface area contributed by atoms with Crippen LogP contribution in [0.4, 0.5) is 0 Å². The molecule has 1 atom stereocenters. The molecule has 2 aliphatic heterocycles. The van der Waals surface area contributed by atoms with Crippen LogP contribution >= 0.6 is 11.3 Å². The number of ether oxygens (including phenoxy) is 1. The normalized spacial score (nSPS) is 23.2. The van der Waals surface area contributed by atoms with E-state index in [9.17, 15) is 4.79 Å². The van der Waals surface area contributed by atoms with Gasteiger partial charge in [0.2, 0.25) is 0 Å². The van der Waals surface area contributed by atoms with Crippen LogP contribution < -0.4 is 0 Å². The van der Waals surface area contributed by atoms with Gasteiger partial charge in [-0.1, -0.05) is 6.92 Å². The van der Waals surface area contributed by atoms with Gasteiger partial charge in [0.1, 0.15) is 5.69 Å². The third-order valence-electron chi connectivity index (χ3n) is 4.88. The Hall–Kier alpha value is -0.980. The summed E-state index contributed by atoms with van der Waals surface area (Å²) in [5, 5.41) is 3.00. The molecule has 0 bridgehead atoms. The molecule has 2 aliphatic rings. The van der Waals surface area contributed by atoms with E-state index in [0.717, 1.165) is 70.2 Å². The van der Waals surface area contributed by atoms with Crippen molar-refractivity contribution in [2.75, 3.05) is 45.9 Å². The Labute approximate surface area is 149 Å². The molecule has 3 heterocycles. The van der Waals surface area contributed by atoms with E-state index in [1.165, 1.54) is 12.8 Å². The molecule has 1 aromatic heterocycles. The first kappa shape index (κ1) is 17.8. The number of rotatable bonds is 5. The van der Waals surface area contributed by atoms with Gasteiger partial charge in [-0.3, -0.25) is 4.79 Å². The van der Waals surface area contributed by atoms with Crippen molar-refractivity contribution >= 4 is 17.2 Å². The highest BCUT2D eigenvalue weighted by molar-refractivity contribution is 7.09. The number of hydrogen-bond donors (Lipinski definition) is 0. The molecule has 1 amide bonds. The molecule has 0 aromatic carbocycles. The van der Waals surface area contributed by atoms with Crippen LogP contribution in [0.25, 0.3) is 0 Å². The number of hydrogen-bond acceptors (Lipinski definition) is 5. The minimum atomic E-state index is 0.108. The van der Waals surface area contributed by atoms with E-state index in [4.69, 9.17) is 4.74 Å². The molecule has 1 unspecified atom stereocenters. The van der Waals surface area contributed by atoms with Gasteiger partial charge in [-0.2, -0.15) is 0 Å². The Balaban J connectivity index is 1.51. The van der Waals surface area contributed by atoms with Crippen LogP contribution in [-0.2, 0) is 11.2 Å². The first-order valence-corrected chi connectivity index (χ1v) is 10.2. The molecular weight excluding hydrogens is 322 g/mol. The van der Waals surface area contributed by atoms with Crippen LogP contribution in [0.3, 0.4) is 0 Å². The van der Waals surface area contributed by atoms with Gasteiger partial charge < -0.3 is 14.5 Å². The lowest BCUT2D eigenvalue weighted by Gasteiger charge is -2.28. The van der Waals surface area contributed by atoms with Crippen molar-refractivity contribution in [3.8, 4) is 0 Å². The molecule has 0 aliphatic carbocycles. The molecule has 0 radical (unpaired) electrons. The molecule has 2 fully saturated rings. The van der Waals surface area contributed by atoms with Gasteiger partial charge in [0.15, 0.2) is 0 Å². The molecular formula is C18H29N3O2S. The lowest BCUT2D eigenvalue weighted by molar-refractivity contribution is 0.0389. The topological polar surface area (TPSA) is 45.7 Å². The summed E-state index contributed by atoms with van der Waals surface area (Å²) in [5.41, 5.74) is 0.637. The Morgan fingerprint density at radius 3 is 3.04 bits per heavy atom. The SMILES string of the molecule is CCCc1nc(C(=O)N2CCCN(CC3CCCOC3)CC2)cs1. The van der Waals surface area contributed by atoms with Crippen LogP contribution in [-0.4, -0.2) is 66.6 Å². The fourth-order valence-corrected chi connectivity index (χ4v) is 4.45. The van der Waals surface area contributed by atoms with Crippen molar-refractivity contribution in [2.45, 2.75) is 39.0 Å².